The SMILES string of the molecule is Cn1cc(C(=O)CN2CCCCC2)cc1C(=O)c1ccc([N+](=O)[O-])cc1. The molecule has 0 amide bonds. The zero-order valence-electron chi connectivity index (χ0n) is 14.7. The average molecular weight is 355 g/mol. The van der Waals surface area contributed by atoms with Crippen LogP contribution in [-0.4, -0.2) is 45.6 Å². The van der Waals surface area contributed by atoms with Gasteiger partial charge in [0.25, 0.3) is 5.69 Å². The lowest BCUT2D eigenvalue weighted by atomic mass is 10.1. The van der Waals surface area contributed by atoms with Gasteiger partial charge in [-0.15, -0.1) is 0 Å². The van der Waals surface area contributed by atoms with Crippen molar-refractivity contribution in [2.75, 3.05) is 19.6 Å². The molecule has 1 aliphatic heterocycles. The van der Waals surface area contributed by atoms with Crippen molar-refractivity contribution in [3.8, 4) is 0 Å². The van der Waals surface area contributed by atoms with E-state index in [2.05, 4.69) is 4.90 Å². The Morgan fingerprint density at radius 2 is 1.73 bits per heavy atom. The molecule has 136 valence electrons. The molecule has 26 heavy (non-hydrogen) atoms. The molecule has 1 fully saturated rings. The summed E-state index contributed by atoms with van der Waals surface area (Å²) >= 11 is 0. The summed E-state index contributed by atoms with van der Waals surface area (Å²) in [7, 11) is 1.72. The van der Waals surface area contributed by atoms with Crippen LogP contribution in [0.5, 0.6) is 0 Å². The van der Waals surface area contributed by atoms with Crippen molar-refractivity contribution in [1.29, 1.82) is 0 Å². The number of nitro benzene ring substituents is 1. The monoisotopic (exact) mass is 355 g/mol. The van der Waals surface area contributed by atoms with Crippen molar-refractivity contribution >= 4 is 17.3 Å². The van der Waals surface area contributed by atoms with Gasteiger partial charge in [-0.05, 0) is 44.1 Å². The number of hydrogen-bond acceptors (Lipinski definition) is 5. The van der Waals surface area contributed by atoms with Crippen molar-refractivity contribution in [3.63, 3.8) is 0 Å². The Balaban J connectivity index is 1.75. The number of Topliss-reactive ketones (excluding diaryl/α,β-unsaturated/α-hetero) is 1. The van der Waals surface area contributed by atoms with E-state index in [1.54, 1.807) is 23.9 Å². The summed E-state index contributed by atoms with van der Waals surface area (Å²) in [6.07, 6.45) is 5.12. The molecule has 0 bridgehead atoms. The summed E-state index contributed by atoms with van der Waals surface area (Å²) in [5.41, 5.74) is 1.20. The van der Waals surface area contributed by atoms with Crippen LogP contribution in [0, 0.1) is 10.1 Å². The molecule has 1 aromatic heterocycles. The minimum Gasteiger partial charge on any atom is -0.347 e. The standard InChI is InChI=1S/C19H21N3O4/c1-20-12-15(18(23)13-21-9-3-2-4-10-21)11-17(20)19(24)14-5-7-16(8-6-14)22(25)26/h5-8,11-12H,2-4,9-10,13H2,1H3. The number of aromatic nitrogens is 1. The molecule has 0 unspecified atom stereocenters. The molecule has 7 heteroatoms. The van der Waals surface area contributed by atoms with Crippen LogP contribution in [0.25, 0.3) is 0 Å². The van der Waals surface area contributed by atoms with Gasteiger partial charge in [0, 0.05) is 36.5 Å². The molecular weight excluding hydrogens is 334 g/mol. The fraction of sp³-hybridized carbons (Fsp3) is 0.368. The van der Waals surface area contributed by atoms with Crippen LogP contribution in [0.15, 0.2) is 36.5 Å². The molecule has 2 heterocycles. The number of nitrogens with zero attached hydrogens (tertiary/aromatic N) is 3. The van der Waals surface area contributed by atoms with Crippen LogP contribution in [0.3, 0.4) is 0 Å². The van der Waals surface area contributed by atoms with Crippen molar-refractivity contribution in [1.82, 2.24) is 9.47 Å². The summed E-state index contributed by atoms with van der Waals surface area (Å²) in [4.78, 5) is 37.5. The number of piperidine rings is 1. The van der Waals surface area contributed by atoms with Gasteiger partial charge in [-0.2, -0.15) is 0 Å². The predicted molar refractivity (Wildman–Crippen MR) is 96.6 cm³/mol. The van der Waals surface area contributed by atoms with Crippen LogP contribution < -0.4 is 0 Å². The number of carbonyl (C=O) groups is 2. The maximum absolute atomic E-state index is 12.7. The molecule has 1 aromatic carbocycles. The van der Waals surface area contributed by atoms with Gasteiger partial charge in [0.05, 0.1) is 17.2 Å². The van der Waals surface area contributed by atoms with Gasteiger partial charge in [-0.25, -0.2) is 0 Å². The number of aryl methyl sites for hydroxylation is 1. The van der Waals surface area contributed by atoms with Gasteiger partial charge in [0.15, 0.2) is 5.78 Å². The summed E-state index contributed by atoms with van der Waals surface area (Å²) in [6, 6.07) is 7.08. The van der Waals surface area contributed by atoms with E-state index < -0.39 is 4.92 Å². The number of ketones is 2. The minimum atomic E-state index is -0.506. The Kier molecular flexibility index (Phi) is 5.27. The molecule has 0 aliphatic carbocycles. The highest BCUT2D eigenvalue weighted by Crippen LogP contribution is 2.18. The first-order chi connectivity index (χ1) is 12.5. The molecule has 1 aliphatic rings. The Hall–Kier alpha value is -2.80. The van der Waals surface area contributed by atoms with E-state index in [0.29, 0.717) is 23.4 Å². The maximum atomic E-state index is 12.7. The largest absolute Gasteiger partial charge is 0.347 e. The molecular formula is C19H21N3O4. The average Bonchev–Trinajstić information content (AvgIpc) is 3.04. The lowest BCUT2D eigenvalue weighted by molar-refractivity contribution is -0.384. The first kappa shape index (κ1) is 18.0. The highest BCUT2D eigenvalue weighted by molar-refractivity contribution is 6.10. The van der Waals surface area contributed by atoms with E-state index >= 15 is 0 Å². The summed E-state index contributed by atoms with van der Waals surface area (Å²) in [5, 5.41) is 10.7. The Morgan fingerprint density at radius 3 is 2.35 bits per heavy atom. The molecule has 0 atom stereocenters. The maximum Gasteiger partial charge on any atom is 0.269 e. The molecule has 0 N–H and O–H groups in total. The summed E-state index contributed by atoms with van der Waals surface area (Å²) < 4.78 is 1.63. The fourth-order valence-electron chi connectivity index (χ4n) is 3.24. The van der Waals surface area contributed by atoms with Gasteiger partial charge in [0.2, 0.25) is 5.78 Å². The second-order valence-corrected chi connectivity index (χ2v) is 6.62. The zero-order valence-corrected chi connectivity index (χ0v) is 14.7. The van der Waals surface area contributed by atoms with Gasteiger partial charge in [-0.3, -0.25) is 24.6 Å². The quantitative estimate of drug-likeness (QED) is 0.452. The molecule has 0 saturated carbocycles. The molecule has 2 aromatic rings. The molecule has 3 rings (SSSR count). The summed E-state index contributed by atoms with van der Waals surface area (Å²) in [5.74, 6) is -0.260. The lowest BCUT2D eigenvalue weighted by Crippen LogP contribution is -2.34. The molecule has 0 radical (unpaired) electrons. The van der Waals surface area contributed by atoms with E-state index in [9.17, 15) is 19.7 Å². The van der Waals surface area contributed by atoms with E-state index in [-0.39, 0.29) is 17.3 Å². The summed E-state index contributed by atoms with van der Waals surface area (Å²) in [6.45, 7) is 2.25. The third-order valence-corrected chi connectivity index (χ3v) is 4.72. The normalized spacial score (nSPS) is 15.0. The predicted octanol–water partition coefficient (Wildman–Crippen LogP) is 2.83. The number of benzene rings is 1. The van der Waals surface area contributed by atoms with Crippen molar-refractivity contribution in [2.24, 2.45) is 7.05 Å². The van der Waals surface area contributed by atoms with Gasteiger partial charge >= 0.3 is 0 Å². The smallest absolute Gasteiger partial charge is 0.269 e. The van der Waals surface area contributed by atoms with E-state index in [1.807, 2.05) is 0 Å². The first-order valence-electron chi connectivity index (χ1n) is 8.67. The second kappa shape index (κ2) is 7.61. The van der Waals surface area contributed by atoms with Crippen LogP contribution in [0.2, 0.25) is 0 Å². The molecule has 7 nitrogen and oxygen atoms in total. The Morgan fingerprint density at radius 1 is 1.08 bits per heavy atom. The first-order valence-corrected chi connectivity index (χ1v) is 8.67. The Labute approximate surface area is 151 Å². The number of nitro groups is 1. The van der Waals surface area contributed by atoms with Crippen LogP contribution in [-0.2, 0) is 7.05 Å². The molecule has 1 saturated heterocycles. The zero-order chi connectivity index (χ0) is 18.7. The highest BCUT2D eigenvalue weighted by Gasteiger charge is 2.20. The fourth-order valence-corrected chi connectivity index (χ4v) is 3.24. The van der Waals surface area contributed by atoms with E-state index in [0.717, 1.165) is 25.9 Å². The van der Waals surface area contributed by atoms with Crippen LogP contribution >= 0.6 is 0 Å². The highest BCUT2D eigenvalue weighted by atomic mass is 16.6. The molecule has 0 spiro atoms. The number of non-ortho nitro benzene ring substituents is 1. The minimum absolute atomic E-state index is 0.00486. The van der Waals surface area contributed by atoms with Gasteiger partial charge in [-0.1, -0.05) is 6.42 Å². The third-order valence-electron chi connectivity index (χ3n) is 4.72. The Bertz CT molecular complexity index is 833. The van der Waals surface area contributed by atoms with Crippen molar-refractivity contribution < 1.29 is 14.5 Å². The van der Waals surface area contributed by atoms with Crippen molar-refractivity contribution in [3.05, 3.63) is 63.5 Å². The van der Waals surface area contributed by atoms with Crippen LogP contribution in [0.1, 0.15) is 45.7 Å². The number of rotatable bonds is 6. The number of carbonyl (C=O) groups excluding carboxylic acids is 2. The van der Waals surface area contributed by atoms with Crippen LogP contribution in [0.4, 0.5) is 5.69 Å². The van der Waals surface area contributed by atoms with E-state index in [4.69, 9.17) is 0 Å². The van der Waals surface area contributed by atoms with Crippen molar-refractivity contribution in [2.45, 2.75) is 19.3 Å². The van der Waals surface area contributed by atoms with Gasteiger partial charge in [0.1, 0.15) is 0 Å². The second-order valence-electron chi connectivity index (χ2n) is 6.62. The van der Waals surface area contributed by atoms with E-state index in [1.165, 1.54) is 30.7 Å². The third kappa shape index (κ3) is 3.88. The number of likely N-dealkylation sites (tertiary alicyclic amines) is 1. The number of hydrogen-bond donors (Lipinski definition) is 0. The van der Waals surface area contributed by atoms with Gasteiger partial charge < -0.3 is 4.57 Å². The topological polar surface area (TPSA) is 85.5 Å². The lowest BCUT2D eigenvalue weighted by Gasteiger charge is -2.25.